The van der Waals surface area contributed by atoms with Crippen molar-refractivity contribution in [3.8, 4) is 5.75 Å². The Morgan fingerprint density at radius 1 is 1.30 bits per heavy atom. The van der Waals surface area contributed by atoms with E-state index in [1.54, 1.807) is 7.05 Å². The van der Waals surface area contributed by atoms with Crippen LogP contribution in [0.15, 0.2) is 33.7 Å². The van der Waals surface area contributed by atoms with Crippen molar-refractivity contribution in [3.63, 3.8) is 0 Å². The number of ether oxygens (including phenoxy) is 1. The Morgan fingerprint density at radius 3 is 2.52 bits per heavy atom. The summed E-state index contributed by atoms with van der Waals surface area (Å²) in [4.78, 5) is 4.29. The molecule has 0 spiro atoms. The molecule has 2 N–H and O–H groups in total. The normalized spacial score (nSPS) is 12.3. The number of benzene rings is 1. The van der Waals surface area contributed by atoms with Gasteiger partial charge in [0.25, 0.3) is 0 Å². The van der Waals surface area contributed by atoms with Crippen molar-refractivity contribution in [3.05, 3.63) is 45.7 Å². The summed E-state index contributed by atoms with van der Waals surface area (Å²) in [6, 6.07) is 8.06. The first-order chi connectivity index (χ1) is 12.4. The molecule has 0 amide bonds. The molecule has 1 aromatic heterocycles. The van der Waals surface area contributed by atoms with Crippen LogP contribution in [0.5, 0.6) is 5.75 Å². The molecule has 0 fully saturated rings. The maximum absolute atomic E-state index is 5.71. The minimum absolute atomic E-state index is 0. The van der Waals surface area contributed by atoms with E-state index in [0.29, 0.717) is 13.2 Å². The van der Waals surface area contributed by atoms with Gasteiger partial charge in [0.2, 0.25) is 0 Å². The number of hydrogen-bond acceptors (Lipinski definition) is 3. The van der Waals surface area contributed by atoms with E-state index >= 15 is 0 Å². The van der Waals surface area contributed by atoms with Crippen LogP contribution >= 0.6 is 39.9 Å². The molecule has 2 aromatic rings. The summed E-state index contributed by atoms with van der Waals surface area (Å²) < 4.78 is 8.69. The number of aromatic nitrogens is 2. The van der Waals surface area contributed by atoms with Gasteiger partial charge in [0.15, 0.2) is 5.96 Å². The second-order valence-corrected chi connectivity index (χ2v) is 7.24. The lowest BCUT2D eigenvalue weighted by molar-refractivity contribution is 0.321. The van der Waals surface area contributed by atoms with E-state index in [0.717, 1.165) is 28.3 Å². The monoisotopic (exact) mass is 549 g/mol. The maximum Gasteiger partial charge on any atom is 0.191 e. The van der Waals surface area contributed by atoms with Crippen molar-refractivity contribution >= 4 is 45.9 Å². The number of aliphatic imine (C=N–C) groups is 1. The number of guanidine groups is 1. The molecule has 0 radical (unpaired) electrons. The summed E-state index contributed by atoms with van der Waals surface area (Å²) in [5.74, 6) is 1.63. The molecule has 1 unspecified atom stereocenters. The van der Waals surface area contributed by atoms with Crippen molar-refractivity contribution < 1.29 is 4.74 Å². The molecule has 0 bridgehead atoms. The highest BCUT2D eigenvalue weighted by molar-refractivity contribution is 14.0. The molecule has 1 heterocycles. The van der Waals surface area contributed by atoms with Crippen molar-refractivity contribution in [2.45, 2.75) is 33.2 Å². The van der Waals surface area contributed by atoms with Gasteiger partial charge in [-0.3, -0.25) is 9.67 Å². The average molecular weight is 550 g/mol. The van der Waals surface area contributed by atoms with Gasteiger partial charge >= 0.3 is 0 Å². The summed E-state index contributed by atoms with van der Waals surface area (Å²) in [5, 5.41) is 11.2. The third-order valence-corrected chi connectivity index (χ3v) is 4.78. The molecule has 0 aliphatic heterocycles. The van der Waals surface area contributed by atoms with Crippen molar-refractivity contribution in [1.82, 2.24) is 20.4 Å². The SMILES string of the molecule is CN=C(NCCOc1ccc(Br)cc1)NC(C)Cc1c(C)nn(C)c1C.I. The predicted octanol–water partition coefficient (Wildman–Crippen LogP) is 3.59. The van der Waals surface area contributed by atoms with E-state index in [-0.39, 0.29) is 30.0 Å². The first-order valence-electron chi connectivity index (χ1n) is 8.75. The highest BCUT2D eigenvalue weighted by Crippen LogP contribution is 2.16. The molecule has 2 rings (SSSR count). The minimum atomic E-state index is 0. The minimum Gasteiger partial charge on any atom is -0.492 e. The number of rotatable bonds is 7. The van der Waals surface area contributed by atoms with Gasteiger partial charge in [-0.2, -0.15) is 5.10 Å². The second-order valence-electron chi connectivity index (χ2n) is 6.32. The van der Waals surface area contributed by atoms with Crippen LogP contribution in [0, 0.1) is 13.8 Å². The van der Waals surface area contributed by atoms with Crippen LogP contribution in [0.2, 0.25) is 0 Å². The third kappa shape index (κ3) is 7.33. The Bertz CT molecular complexity index is 745. The van der Waals surface area contributed by atoms with Gasteiger partial charge in [-0.25, -0.2) is 0 Å². The Morgan fingerprint density at radius 2 is 1.96 bits per heavy atom. The van der Waals surface area contributed by atoms with Gasteiger partial charge < -0.3 is 15.4 Å². The van der Waals surface area contributed by atoms with Gasteiger partial charge in [-0.1, -0.05) is 15.9 Å². The zero-order valence-corrected chi connectivity index (χ0v) is 20.5. The van der Waals surface area contributed by atoms with Crippen LogP contribution in [0.25, 0.3) is 0 Å². The van der Waals surface area contributed by atoms with Crippen LogP contribution in [0.3, 0.4) is 0 Å². The first kappa shape index (κ1) is 23.7. The molecule has 0 saturated heterocycles. The van der Waals surface area contributed by atoms with E-state index in [1.165, 1.54) is 11.3 Å². The lowest BCUT2D eigenvalue weighted by Crippen LogP contribution is -2.44. The Labute approximate surface area is 187 Å². The van der Waals surface area contributed by atoms with Gasteiger partial charge in [-0.15, -0.1) is 24.0 Å². The van der Waals surface area contributed by atoms with Crippen LogP contribution in [-0.4, -0.2) is 42.0 Å². The molecule has 1 atom stereocenters. The predicted molar refractivity (Wildman–Crippen MR) is 125 cm³/mol. The van der Waals surface area contributed by atoms with E-state index in [4.69, 9.17) is 4.74 Å². The molecule has 0 saturated carbocycles. The fourth-order valence-corrected chi connectivity index (χ4v) is 3.03. The molecule has 1 aromatic carbocycles. The Balaban J connectivity index is 0.00000364. The highest BCUT2D eigenvalue weighted by atomic mass is 127. The maximum atomic E-state index is 5.71. The molecule has 27 heavy (non-hydrogen) atoms. The number of halogens is 2. The van der Waals surface area contributed by atoms with E-state index in [2.05, 4.69) is 57.4 Å². The molecule has 0 aliphatic rings. The summed E-state index contributed by atoms with van der Waals surface area (Å²) in [5.41, 5.74) is 3.59. The molecular weight excluding hydrogens is 521 g/mol. The van der Waals surface area contributed by atoms with Crippen LogP contribution < -0.4 is 15.4 Å². The van der Waals surface area contributed by atoms with Gasteiger partial charge in [-0.05, 0) is 57.0 Å². The van der Waals surface area contributed by atoms with Gasteiger partial charge in [0.05, 0.1) is 12.2 Å². The quantitative estimate of drug-likeness (QED) is 0.240. The smallest absolute Gasteiger partial charge is 0.191 e. The molecule has 150 valence electrons. The number of aryl methyl sites for hydroxylation is 2. The average Bonchev–Trinajstić information content (AvgIpc) is 2.85. The second kappa shape index (κ2) is 11.5. The Hall–Kier alpha value is -1.29. The zero-order chi connectivity index (χ0) is 19.1. The Kier molecular flexibility index (Phi) is 10.1. The molecule has 6 nitrogen and oxygen atoms in total. The van der Waals surface area contributed by atoms with Crippen LogP contribution in [0.1, 0.15) is 23.9 Å². The van der Waals surface area contributed by atoms with Crippen molar-refractivity contribution in [1.29, 1.82) is 0 Å². The molecular formula is C19H29BrIN5O. The topological polar surface area (TPSA) is 63.5 Å². The van der Waals surface area contributed by atoms with Crippen molar-refractivity contribution in [2.24, 2.45) is 12.0 Å². The molecule has 8 heteroatoms. The summed E-state index contributed by atoms with van der Waals surface area (Å²) in [6.45, 7) is 7.55. The zero-order valence-electron chi connectivity index (χ0n) is 16.5. The van der Waals surface area contributed by atoms with E-state index in [1.807, 2.05) is 36.0 Å². The van der Waals surface area contributed by atoms with Crippen molar-refractivity contribution in [2.75, 3.05) is 20.2 Å². The van der Waals surface area contributed by atoms with E-state index in [9.17, 15) is 0 Å². The third-order valence-electron chi connectivity index (χ3n) is 4.25. The van der Waals surface area contributed by atoms with Gasteiger partial charge in [0.1, 0.15) is 12.4 Å². The highest BCUT2D eigenvalue weighted by Gasteiger charge is 2.13. The number of nitrogens with zero attached hydrogens (tertiary/aromatic N) is 3. The summed E-state index contributed by atoms with van der Waals surface area (Å²) in [7, 11) is 3.76. The largest absolute Gasteiger partial charge is 0.492 e. The summed E-state index contributed by atoms with van der Waals surface area (Å²) in [6.07, 6.45) is 0.904. The van der Waals surface area contributed by atoms with Gasteiger partial charge in [0, 0.05) is 30.3 Å². The first-order valence-corrected chi connectivity index (χ1v) is 9.54. The standard InChI is InChI=1S/C19H28BrN5O.HI/c1-13(12-18-14(2)24-25(5)15(18)3)23-19(21-4)22-10-11-26-17-8-6-16(20)7-9-17;/h6-9,13H,10-12H2,1-5H3,(H2,21,22,23);1H. The lowest BCUT2D eigenvalue weighted by Gasteiger charge is -2.18. The number of nitrogens with one attached hydrogen (secondary N) is 2. The lowest BCUT2D eigenvalue weighted by atomic mass is 10.1. The van der Waals surface area contributed by atoms with Crippen LogP contribution in [-0.2, 0) is 13.5 Å². The molecule has 0 aliphatic carbocycles. The van der Waals surface area contributed by atoms with Crippen LogP contribution in [0.4, 0.5) is 0 Å². The fourth-order valence-electron chi connectivity index (χ4n) is 2.77. The fraction of sp³-hybridized carbons (Fsp3) is 0.474. The summed E-state index contributed by atoms with van der Waals surface area (Å²) >= 11 is 3.42. The number of hydrogen-bond donors (Lipinski definition) is 2. The van der Waals surface area contributed by atoms with E-state index < -0.39 is 0 Å².